The Morgan fingerprint density at radius 1 is 1.67 bits per heavy atom. The molecule has 0 saturated carbocycles. The van der Waals surface area contributed by atoms with Crippen molar-refractivity contribution < 1.29 is 4.74 Å². The zero-order chi connectivity index (χ0) is 6.53. The minimum absolute atomic E-state index is 0.771. The van der Waals surface area contributed by atoms with Gasteiger partial charge in [0.1, 0.15) is 5.75 Å². The fourth-order valence-corrected chi connectivity index (χ4v) is 0.546. The van der Waals surface area contributed by atoms with Gasteiger partial charge in [-0.05, 0) is 18.2 Å². The van der Waals surface area contributed by atoms with Crippen LogP contribution in [0.3, 0.4) is 0 Å². The van der Waals surface area contributed by atoms with E-state index in [1.165, 1.54) is 6.26 Å². The normalized spacial score (nSPS) is 8.44. The van der Waals surface area contributed by atoms with E-state index in [-0.39, 0.29) is 0 Å². The summed E-state index contributed by atoms with van der Waals surface area (Å²) < 4.78 is 4.94. The van der Waals surface area contributed by atoms with E-state index in [0.717, 1.165) is 5.75 Å². The van der Waals surface area contributed by atoms with Gasteiger partial charge in [-0.3, -0.25) is 0 Å². The first kappa shape index (κ1) is 5.89. The van der Waals surface area contributed by atoms with Crippen molar-refractivity contribution in [3.8, 4) is 5.75 Å². The Balaban J connectivity index is 2.72. The Bertz CT molecular complexity index is 179. The van der Waals surface area contributed by atoms with Crippen LogP contribution in [-0.2, 0) is 0 Å². The molecule has 0 heterocycles. The van der Waals surface area contributed by atoms with Gasteiger partial charge >= 0.3 is 0 Å². The van der Waals surface area contributed by atoms with Crippen molar-refractivity contribution >= 4 is 0 Å². The highest BCUT2D eigenvalue weighted by atomic mass is 16.5. The minimum Gasteiger partial charge on any atom is -0.466 e. The van der Waals surface area contributed by atoms with Crippen LogP contribution in [0, 0.1) is 6.07 Å². The van der Waals surface area contributed by atoms with Gasteiger partial charge in [-0.2, -0.15) is 0 Å². The van der Waals surface area contributed by atoms with Gasteiger partial charge in [0.05, 0.1) is 6.26 Å². The van der Waals surface area contributed by atoms with E-state index in [0.29, 0.717) is 0 Å². The molecule has 0 bridgehead atoms. The summed E-state index contributed by atoms with van der Waals surface area (Å²) >= 11 is 0. The first-order valence-corrected chi connectivity index (χ1v) is 2.67. The van der Waals surface area contributed by atoms with Crippen LogP contribution in [0.25, 0.3) is 0 Å². The molecule has 0 aliphatic rings. The zero-order valence-corrected chi connectivity index (χ0v) is 5.00. The number of ether oxygens (including phenoxy) is 1. The van der Waals surface area contributed by atoms with E-state index in [4.69, 9.17) is 4.74 Å². The Labute approximate surface area is 54.6 Å². The second-order valence-corrected chi connectivity index (χ2v) is 1.52. The van der Waals surface area contributed by atoms with Crippen molar-refractivity contribution in [3.05, 3.63) is 43.2 Å². The molecule has 9 heavy (non-hydrogen) atoms. The summed E-state index contributed by atoms with van der Waals surface area (Å²) in [5, 5.41) is 0. The van der Waals surface area contributed by atoms with Crippen LogP contribution in [0.4, 0.5) is 0 Å². The molecule has 0 fully saturated rings. The first-order valence-electron chi connectivity index (χ1n) is 2.67. The van der Waals surface area contributed by atoms with E-state index >= 15 is 0 Å². The number of hydrogen-bond acceptors (Lipinski definition) is 1. The van der Waals surface area contributed by atoms with Crippen molar-refractivity contribution in [1.29, 1.82) is 0 Å². The van der Waals surface area contributed by atoms with Gasteiger partial charge in [-0.15, -0.1) is 0 Å². The Morgan fingerprint density at radius 2 is 2.56 bits per heavy atom. The highest BCUT2D eigenvalue weighted by molar-refractivity contribution is 5.20. The maximum atomic E-state index is 4.94. The molecule has 1 nitrogen and oxygen atoms in total. The molecule has 0 aromatic heterocycles. The fourth-order valence-electron chi connectivity index (χ4n) is 0.546. The molecule has 1 aromatic rings. The Morgan fingerprint density at radius 3 is 3.11 bits per heavy atom. The molecular weight excluding hydrogens is 112 g/mol. The van der Waals surface area contributed by atoms with E-state index in [1.807, 2.05) is 18.2 Å². The third-order valence-corrected chi connectivity index (χ3v) is 0.898. The van der Waals surface area contributed by atoms with Crippen molar-refractivity contribution in [2.24, 2.45) is 0 Å². The highest BCUT2D eigenvalue weighted by Gasteiger charge is 1.82. The third kappa shape index (κ3) is 1.61. The first-order chi connectivity index (χ1) is 4.43. The average Bonchev–Trinajstić information content (AvgIpc) is 1.91. The van der Waals surface area contributed by atoms with Gasteiger partial charge in [-0.25, -0.2) is 0 Å². The molecule has 0 unspecified atom stereocenters. The van der Waals surface area contributed by atoms with Crippen LogP contribution in [0.2, 0.25) is 0 Å². The summed E-state index contributed by atoms with van der Waals surface area (Å²) in [5.74, 6) is 0.771. The van der Waals surface area contributed by atoms with E-state index < -0.39 is 0 Å². The summed E-state index contributed by atoms with van der Waals surface area (Å²) in [4.78, 5) is 0. The second-order valence-electron chi connectivity index (χ2n) is 1.52. The third-order valence-electron chi connectivity index (χ3n) is 0.898. The molecule has 0 aliphatic heterocycles. The molecular formula is C8H7O. The van der Waals surface area contributed by atoms with E-state index in [2.05, 4.69) is 12.6 Å². The predicted octanol–water partition coefficient (Wildman–Crippen LogP) is 2.01. The average molecular weight is 119 g/mol. The van der Waals surface area contributed by atoms with Crippen molar-refractivity contribution in [2.75, 3.05) is 0 Å². The van der Waals surface area contributed by atoms with Gasteiger partial charge in [0.25, 0.3) is 0 Å². The maximum absolute atomic E-state index is 4.94. The molecule has 1 radical (unpaired) electrons. The smallest absolute Gasteiger partial charge is 0.127 e. The number of hydrogen-bond donors (Lipinski definition) is 0. The number of rotatable bonds is 2. The fraction of sp³-hybridized carbons (Fsp3) is 0. The van der Waals surface area contributed by atoms with E-state index in [1.54, 1.807) is 6.07 Å². The molecule has 0 aliphatic carbocycles. The van der Waals surface area contributed by atoms with Gasteiger partial charge in [0.2, 0.25) is 0 Å². The molecule has 0 amide bonds. The second kappa shape index (κ2) is 2.92. The van der Waals surface area contributed by atoms with Gasteiger partial charge in [0, 0.05) is 0 Å². The van der Waals surface area contributed by atoms with Crippen LogP contribution in [0.15, 0.2) is 37.1 Å². The molecule has 0 saturated heterocycles. The summed E-state index contributed by atoms with van der Waals surface area (Å²) in [5.41, 5.74) is 0. The van der Waals surface area contributed by atoms with E-state index in [9.17, 15) is 0 Å². The number of benzene rings is 1. The minimum atomic E-state index is 0.771. The summed E-state index contributed by atoms with van der Waals surface area (Å²) in [6.45, 7) is 3.42. The van der Waals surface area contributed by atoms with Crippen LogP contribution >= 0.6 is 0 Å². The molecule has 1 rings (SSSR count). The predicted molar refractivity (Wildman–Crippen MR) is 36.1 cm³/mol. The molecule has 0 spiro atoms. The highest BCUT2D eigenvalue weighted by Crippen LogP contribution is 2.06. The zero-order valence-electron chi connectivity index (χ0n) is 5.00. The standard InChI is InChI=1S/C8H7O/c1-2-9-8-6-4-3-5-7-8/h2-4,6-7H,1H2. The van der Waals surface area contributed by atoms with Crippen molar-refractivity contribution in [1.82, 2.24) is 0 Å². The van der Waals surface area contributed by atoms with Crippen LogP contribution in [0.1, 0.15) is 0 Å². The maximum Gasteiger partial charge on any atom is 0.127 e. The lowest BCUT2D eigenvalue weighted by Crippen LogP contribution is -1.77. The Kier molecular flexibility index (Phi) is 1.91. The molecule has 45 valence electrons. The van der Waals surface area contributed by atoms with Crippen LogP contribution in [-0.4, -0.2) is 0 Å². The van der Waals surface area contributed by atoms with Gasteiger partial charge < -0.3 is 4.74 Å². The van der Waals surface area contributed by atoms with Gasteiger partial charge in [0.15, 0.2) is 0 Å². The molecule has 0 N–H and O–H groups in total. The Hall–Kier alpha value is -1.24. The van der Waals surface area contributed by atoms with Gasteiger partial charge in [-0.1, -0.05) is 18.7 Å². The molecule has 1 aromatic carbocycles. The van der Waals surface area contributed by atoms with Crippen LogP contribution < -0.4 is 4.74 Å². The molecule has 1 heteroatoms. The topological polar surface area (TPSA) is 9.23 Å². The van der Waals surface area contributed by atoms with Crippen molar-refractivity contribution in [2.45, 2.75) is 0 Å². The SMILES string of the molecule is C=COc1c[c]ccc1. The summed E-state index contributed by atoms with van der Waals surface area (Å²) in [6, 6.07) is 10.1. The summed E-state index contributed by atoms with van der Waals surface area (Å²) in [7, 11) is 0. The van der Waals surface area contributed by atoms with Crippen molar-refractivity contribution in [3.63, 3.8) is 0 Å². The quantitative estimate of drug-likeness (QED) is 0.541. The summed E-state index contributed by atoms with van der Waals surface area (Å²) in [6.07, 6.45) is 1.39. The largest absolute Gasteiger partial charge is 0.466 e. The lowest BCUT2D eigenvalue weighted by Gasteiger charge is -1.94. The lowest BCUT2D eigenvalue weighted by atomic mass is 10.3. The molecule has 0 atom stereocenters. The lowest BCUT2D eigenvalue weighted by molar-refractivity contribution is 0.483. The van der Waals surface area contributed by atoms with Crippen LogP contribution in [0.5, 0.6) is 5.75 Å². The monoisotopic (exact) mass is 119 g/mol.